The van der Waals surface area contributed by atoms with E-state index in [9.17, 15) is 9.59 Å². The van der Waals surface area contributed by atoms with Crippen molar-refractivity contribution in [2.75, 3.05) is 26.9 Å². The van der Waals surface area contributed by atoms with Gasteiger partial charge in [0, 0.05) is 18.5 Å². The SMILES string of the molecule is CCOc1ccc(C(NC(=O)CCCNC(=O)c2ccc(OC)cc2)C(C)C)cc1OCC. The normalized spacial score (nSPS) is 11.6. The van der Waals surface area contributed by atoms with E-state index in [4.69, 9.17) is 14.2 Å². The molecule has 0 aliphatic heterocycles. The lowest BCUT2D eigenvalue weighted by Gasteiger charge is -2.24. The average molecular weight is 457 g/mol. The Labute approximate surface area is 196 Å². The predicted octanol–water partition coefficient (Wildman–Crippen LogP) is 4.52. The third kappa shape index (κ3) is 8.00. The third-order valence-electron chi connectivity index (χ3n) is 5.13. The molecule has 33 heavy (non-hydrogen) atoms. The van der Waals surface area contributed by atoms with Crippen molar-refractivity contribution in [1.82, 2.24) is 10.6 Å². The van der Waals surface area contributed by atoms with Gasteiger partial charge in [-0.3, -0.25) is 9.59 Å². The molecule has 0 bridgehead atoms. The Morgan fingerprint density at radius 2 is 1.61 bits per heavy atom. The van der Waals surface area contributed by atoms with E-state index in [1.165, 1.54) is 0 Å². The summed E-state index contributed by atoms with van der Waals surface area (Å²) >= 11 is 0. The summed E-state index contributed by atoms with van der Waals surface area (Å²) in [6, 6.07) is 12.5. The molecule has 0 aromatic heterocycles. The van der Waals surface area contributed by atoms with Crippen molar-refractivity contribution in [2.24, 2.45) is 5.92 Å². The van der Waals surface area contributed by atoms with Gasteiger partial charge in [-0.05, 0) is 68.1 Å². The number of ether oxygens (including phenoxy) is 3. The Morgan fingerprint density at radius 1 is 0.939 bits per heavy atom. The number of carbonyl (C=O) groups is 2. The Hall–Kier alpha value is -3.22. The van der Waals surface area contributed by atoms with Gasteiger partial charge in [0.2, 0.25) is 5.91 Å². The smallest absolute Gasteiger partial charge is 0.251 e. The van der Waals surface area contributed by atoms with Crippen LogP contribution in [0.15, 0.2) is 42.5 Å². The van der Waals surface area contributed by atoms with Gasteiger partial charge in [0.25, 0.3) is 5.91 Å². The zero-order valence-electron chi connectivity index (χ0n) is 20.3. The molecule has 2 N–H and O–H groups in total. The van der Waals surface area contributed by atoms with Gasteiger partial charge in [-0.25, -0.2) is 0 Å². The van der Waals surface area contributed by atoms with Gasteiger partial charge in [-0.15, -0.1) is 0 Å². The minimum Gasteiger partial charge on any atom is -0.497 e. The summed E-state index contributed by atoms with van der Waals surface area (Å²) < 4.78 is 16.5. The quantitative estimate of drug-likeness (QED) is 0.433. The van der Waals surface area contributed by atoms with E-state index in [-0.39, 0.29) is 23.8 Å². The highest BCUT2D eigenvalue weighted by molar-refractivity contribution is 5.94. The summed E-state index contributed by atoms with van der Waals surface area (Å²) in [5, 5.41) is 5.97. The molecule has 0 aliphatic rings. The first-order valence-corrected chi connectivity index (χ1v) is 11.5. The van der Waals surface area contributed by atoms with Crippen LogP contribution in [0.1, 0.15) is 62.5 Å². The summed E-state index contributed by atoms with van der Waals surface area (Å²) in [5.74, 6) is 2.04. The molecule has 7 nitrogen and oxygen atoms in total. The fourth-order valence-electron chi connectivity index (χ4n) is 3.44. The van der Waals surface area contributed by atoms with Gasteiger partial charge in [0.1, 0.15) is 5.75 Å². The number of nitrogens with one attached hydrogen (secondary N) is 2. The van der Waals surface area contributed by atoms with Crippen molar-refractivity contribution >= 4 is 11.8 Å². The number of hydrogen-bond acceptors (Lipinski definition) is 5. The van der Waals surface area contributed by atoms with E-state index in [1.807, 2.05) is 32.0 Å². The van der Waals surface area contributed by atoms with Gasteiger partial charge in [0.05, 0.1) is 26.4 Å². The zero-order valence-corrected chi connectivity index (χ0v) is 20.3. The van der Waals surface area contributed by atoms with Crippen molar-refractivity contribution in [3.8, 4) is 17.2 Å². The molecule has 0 fully saturated rings. The van der Waals surface area contributed by atoms with E-state index in [1.54, 1.807) is 31.4 Å². The third-order valence-corrected chi connectivity index (χ3v) is 5.13. The number of carbonyl (C=O) groups excluding carboxylic acids is 2. The standard InChI is InChI=1S/C26H36N2O5/c1-6-32-22-15-12-20(17-23(22)33-7-2)25(18(3)4)28-24(29)9-8-16-27-26(30)19-10-13-21(31-5)14-11-19/h10-15,17-18,25H,6-9,16H2,1-5H3,(H,27,30)(H,28,29). The molecule has 0 radical (unpaired) electrons. The minimum absolute atomic E-state index is 0.0563. The van der Waals surface area contributed by atoms with Gasteiger partial charge in [0.15, 0.2) is 11.5 Å². The first kappa shape index (κ1) is 26.0. The van der Waals surface area contributed by atoms with Crippen molar-refractivity contribution in [2.45, 2.75) is 46.6 Å². The van der Waals surface area contributed by atoms with Crippen LogP contribution in [0.2, 0.25) is 0 Å². The average Bonchev–Trinajstić information content (AvgIpc) is 2.81. The molecule has 0 heterocycles. The highest BCUT2D eigenvalue weighted by Crippen LogP contribution is 2.33. The van der Waals surface area contributed by atoms with Crippen LogP contribution in [-0.2, 0) is 4.79 Å². The molecular weight excluding hydrogens is 420 g/mol. The fourth-order valence-corrected chi connectivity index (χ4v) is 3.44. The minimum atomic E-state index is -0.170. The van der Waals surface area contributed by atoms with Crippen molar-refractivity contribution in [3.63, 3.8) is 0 Å². The highest BCUT2D eigenvalue weighted by atomic mass is 16.5. The van der Waals surface area contributed by atoms with Crippen LogP contribution in [0.4, 0.5) is 0 Å². The Bertz CT molecular complexity index is 896. The summed E-state index contributed by atoms with van der Waals surface area (Å²) in [6.07, 6.45) is 0.869. The predicted molar refractivity (Wildman–Crippen MR) is 129 cm³/mol. The Balaban J connectivity index is 1.89. The van der Waals surface area contributed by atoms with Gasteiger partial charge in [-0.2, -0.15) is 0 Å². The van der Waals surface area contributed by atoms with Crippen LogP contribution < -0.4 is 24.8 Å². The van der Waals surface area contributed by atoms with Crippen LogP contribution >= 0.6 is 0 Å². The second-order valence-corrected chi connectivity index (χ2v) is 7.95. The molecule has 2 aromatic rings. The van der Waals surface area contributed by atoms with Crippen LogP contribution in [0.3, 0.4) is 0 Å². The molecule has 2 amide bonds. The van der Waals surface area contributed by atoms with Crippen LogP contribution in [0.25, 0.3) is 0 Å². The molecule has 2 aromatic carbocycles. The largest absolute Gasteiger partial charge is 0.497 e. The maximum atomic E-state index is 12.6. The summed E-state index contributed by atoms with van der Waals surface area (Å²) in [4.78, 5) is 24.8. The summed E-state index contributed by atoms with van der Waals surface area (Å²) in [7, 11) is 1.58. The topological polar surface area (TPSA) is 85.9 Å². The maximum absolute atomic E-state index is 12.6. The first-order chi connectivity index (χ1) is 15.9. The molecule has 0 aliphatic carbocycles. The maximum Gasteiger partial charge on any atom is 0.251 e. The number of methoxy groups -OCH3 is 1. The van der Waals surface area contributed by atoms with Crippen molar-refractivity contribution in [1.29, 1.82) is 0 Å². The number of amides is 2. The molecule has 0 saturated carbocycles. The van der Waals surface area contributed by atoms with E-state index in [2.05, 4.69) is 24.5 Å². The summed E-state index contributed by atoms with van der Waals surface area (Å²) in [6.45, 7) is 9.50. The van der Waals surface area contributed by atoms with E-state index in [0.717, 1.165) is 5.56 Å². The van der Waals surface area contributed by atoms with Crippen molar-refractivity contribution in [3.05, 3.63) is 53.6 Å². The highest BCUT2D eigenvalue weighted by Gasteiger charge is 2.20. The first-order valence-electron chi connectivity index (χ1n) is 11.5. The van der Waals surface area contributed by atoms with Crippen LogP contribution in [-0.4, -0.2) is 38.7 Å². The molecular formula is C26H36N2O5. The van der Waals surface area contributed by atoms with Gasteiger partial charge < -0.3 is 24.8 Å². The lowest BCUT2D eigenvalue weighted by atomic mass is 9.95. The van der Waals surface area contributed by atoms with Crippen molar-refractivity contribution < 1.29 is 23.8 Å². The second kappa shape index (κ2) is 13.4. The number of hydrogen-bond donors (Lipinski definition) is 2. The molecule has 7 heteroatoms. The lowest BCUT2D eigenvalue weighted by molar-refractivity contribution is -0.122. The molecule has 180 valence electrons. The molecule has 1 unspecified atom stereocenters. The number of rotatable bonds is 13. The Kier molecular flexibility index (Phi) is 10.5. The van der Waals surface area contributed by atoms with Gasteiger partial charge in [-0.1, -0.05) is 19.9 Å². The number of benzene rings is 2. The van der Waals surface area contributed by atoms with Gasteiger partial charge >= 0.3 is 0 Å². The van der Waals surface area contributed by atoms with Crippen LogP contribution in [0.5, 0.6) is 17.2 Å². The lowest BCUT2D eigenvalue weighted by Crippen LogP contribution is -2.32. The fraction of sp³-hybridized carbons (Fsp3) is 0.462. The molecule has 0 spiro atoms. The van der Waals surface area contributed by atoms with E-state index >= 15 is 0 Å². The molecule has 2 rings (SSSR count). The summed E-state index contributed by atoms with van der Waals surface area (Å²) in [5.41, 5.74) is 1.53. The zero-order chi connectivity index (χ0) is 24.2. The second-order valence-electron chi connectivity index (χ2n) is 7.95. The van der Waals surface area contributed by atoms with Crippen LogP contribution in [0, 0.1) is 5.92 Å². The molecule has 1 atom stereocenters. The molecule has 0 saturated heterocycles. The van der Waals surface area contributed by atoms with E-state index < -0.39 is 0 Å². The monoisotopic (exact) mass is 456 g/mol. The Morgan fingerprint density at radius 3 is 2.21 bits per heavy atom. The van der Waals surface area contributed by atoms with E-state index in [0.29, 0.717) is 55.4 Å².